The maximum Gasteiger partial charge on any atom is 0.326 e. The molecule has 0 spiro atoms. The van der Waals surface area contributed by atoms with Gasteiger partial charge in [0.2, 0.25) is 41.4 Å². The predicted molar refractivity (Wildman–Crippen MR) is 244 cm³/mol. The van der Waals surface area contributed by atoms with Crippen LogP contribution >= 0.6 is 0 Å². The van der Waals surface area contributed by atoms with E-state index in [0.29, 0.717) is 35.9 Å². The van der Waals surface area contributed by atoms with Crippen LogP contribution in [0.5, 0.6) is 0 Å². The minimum atomic E-state index is -1.82. The number of hydrogen-bond donors (Lipinski definition) is 13. The summed E-state index contributed by atoms with van der Waals surface area (Å²) < 4.78 is 0. The Morgan fingerprint density at radius 1 is 0.597 bits per heavy atom. The van der Waals surface area contributed by atoms with Crippen molar-refractivity contribution in [2.24, 2.45) is 17.4 Å². The number of aromatic nitrogens is 1. The number of rotatable bonds is 28. The zero-order chi connectivity index (χ0) is 49.8. The van der Waals surface area contributed by atoms with E-state index in [0.717, 1.165) is 5.52 Å². The molecule has 0 aliphatic rings. The summed E-state index contributed by atoms with van der Waals surface area (Å²) in [5.74, 6) is -8.97. The lowest BCUT2D eigenvalue weighted by Gasteiger charge is -2.27. The van der Waals surface area contributed by atoms with E-state index < -0.39 is 115 Å². The van der Waals surface area contributed by atoms with Gasteiger partial charge in [0.25, 0.3) is 0 Å². The van der Waals surface area contributed by atoms with Crippen molar-refractivity contribution in [3.05, 3.63) is 71.9 Å². The first-order chi connectivity index (χ1) is 31.7. The summed E-state index contributed by atoms with van der Waals surface area (Å²) in [6.07, 6.45) is 1.70. The Labute approximate surface area is 387 Å². The lowest BCUT2D eigenvalue weighted by molar-refractivity contribution is -0.147. The third-order valence-corrected chi connectivity index (χ3v) is 10.6. The largest absolute Gasteiger partial charge is 0.481 e. The van der Waals surface area contributed by atoms with Gasteiger partial charge in [0.1, 0.15) is 48.3 Å². The Hall–Kier alpha value is -6.91. The second-order valence-electron chi connectivity index (χ2n) is 16.7. The van der Waals surface area contributed by atoms with Crippen molar-refractivity contribution < 1.29 is 58.5 Å². The zero-order valence-electron chi connectivity index (χ0n) is 38.0. The van der Waals surface area contributed by atoms with Gasteiger partial charge in [-0.2, -0.15) is 0 Å². The minimum Gasteiger partial charge on any atom is -0.481 e. The van der Waals surface area contributed by atoms with Crippen LogP contribution in [0.1, 0.15) is 70.9 Å². The number of carbonyl (C=O) groups is 9. The fourth-order valence-corrected chi connectivity index (χ4v) is 6.89. The SMILES string of the molecule is CC(C)C[C@H](NC(=O)[C@H](C)NC(=O)[C@H](C)NC(=O)[C@H](Cc1ccccc1)NC(=O)[C@H](CCCCN)NC(=O)[C@@H](N)CO)C(=O)N[C@@H](Cc1c[nH]c2ccccc12)C(=O)N[C@@H](CC(=O)O)C(=O)O. The van der Waals surface area contributed by atoms with E-state index in [-0.39, 0.29) is 31.6 Å². The zero-order valence-corrected chi connectivity index (χ0v) is 38.0. The molecule has 366 valence electrons. The second-order valence-corrected chi connectivity index (χ2v) is 16.7. The van der Waals surface area contributed by atoms with E-state index in [2.05, 4.69) is 42.2 Å². The molecule has 7 amide bonds. The number of aliphatic hydroxyl groups excluding tert-OH is 1. The number of carbonyl (C=O) groups excluding carboxylic acids is 7. The first-order valence-corrected chi connectivity index (χ1v) is 22.0. The lowest BCUT2D eigenvalue weighted by Crippen LogP contribution is -2.60. The summed E-state index contributed by atoms with van der Waals surface area (Å²) in [5, 5.41) is 46.5. The maximum absolute atomic E-state index is 13.9. The fourth-order valence-electron chi connectivity index (χ4n) is 6.89. The number of nitrogens with two attached hydrogens (primary N) is 2. The van der Waals surface area contributed by atoms with E-state index in [1.807, 2.05) is 0 Å². The molecule has 8 atom stereocenters. The first kappa shape index (κ1) is 54.4. The molecule has 3 rings (SSSR count). The van der Waals surface area contributed by atoms with Crippen molar-refractivity contribution in [2.45, 2.75) is 121 Å². The standard InChI is InChI=1S/C45H64N10O12/c1-24(2)18-33(43(64)54-35(44(65)55-36(45(66)67)21-37(57)58)20-28-22-48-31-15-9-8-14-29(28)31)52-39(60)26(4)49-38(59)25(3)50-42(63)34(19-27-12-6-5-7-13-27)53-41(62)32(16-10-11-17-46)51-40(61)30(47)23-56/h5-9,12-15,22,24-26,30,32-36,48,56H,10-11,16-21,23,46-47H2,1-4H3,(H,49,59)(H,50,63)(H,51,61)(H,52,60)(H,53,62)(H,54,64)(H,55,65)(H,57,58)(H,66,67)/t25-,26-,30-,32-,33-,34-,35-,36-/m0/s1. The predicted octanol–water partition coefficient (Wildman–Crippen LogP) is -1.56. The van der Waals surface area contributed by atoms with E-state index in [1.165, 1.54) is 13.8 Å². The summed E-state index contributed by atoms with van der Waals surface area (Å²) in [4.78, 5) is 121. The molecule has 0 saturated carbocycles. The monoisotopic (exact) mass is 936 g/mol. The average Bonchev–Trinajstić information content (AvgIpc) is 3.69. The molecular formula is C45H64N10O12. The highest BCUT2D eigenvalue weighted by Crippen LogP contribution is 2.20. The number of hydrogen-bond acceptors (Lipinski definition) is 12. The molecule has 0 unspecified atom stereocenters. The van der Waals surface area contributed by atoms with Crippen molar-refractivity contribution in [1.29, 1.82) is 0 Å². The molecule has 0 aliphatic heterocycles. The Bertz CT molecular complexity index is 2180. The van der Waals surface area contributed by atoms with Gasteiger partial charge in [-0.25, -0.2) is 4.79 Å². The van der Waals surface area contributed by atoms with Crippen molar-refractivity contribution >= 4 is 64.2 Å². The van der Waals surface area contributed by atoms with Crippen LogP contribution in [-0.2, 0) is 56.0 Å². The number of aromatic amines is 1. The van der Waals surface area contributed by atoms with Crippen molar-refractivity contribution in [1.82, 2.24) is 42.2 Å². The molecule has 22 nitrogen and oxygen atoms in total. The third-order valence-electron chi connectivity index (χ3n) is 10.6. The van der Waals surface area contributed by atoms with Crippen molar-refractivity contribution in [2.75, 3.05) is 13.2 Å². The molecular weight excluding hydrogens is 873 g/mol. The Morgan fingerprint density at radius 3 is 1.70 bits per heavy atom. The number of aliphatic hydroxyl groups is 1. The number of para-hydroxylation sites is 1. The molecule has 0 bridgehead atoms. The summed E-state index contributed by atoms with van der Waals surface area (Å²) in [6, 6.07) is 5.04. The summed E-state index contributed by atoms with van der Waals surface area (Å²) in [6.45, 7) is 5.91. The smallest absolute Gasteiger partial charge is 0.326 e. The molecule has 15 N–H and O–H groups in total. The van der Waals surface area contributed by atoms with Crippen LogP contribution in [0.15, 0.2) is 60.8 Å². The van der Waals surface area contributed by atoms with Gasteiger partial charge in [0.05, 0.1) is 13.0 Å². The fraction of sp³-hybridized carbons (Fsp3) is 0.489. The number of carboxylic acid groups (broad SMARTS) is 2. The van der Waals surface area contributed by atoms with Crippen molar-refractivity contribution in [3.63, 3.8) is 0 Å². The normalized spacial score (nSPS) is 14.7. The second kappa shape index (κ2) is 26.9. The number of amides is 7. The topological polar surface area (TPSA) is 366 Å². The number of fused-ring (bicyclic) bond motifs is 1. The summed E-state index contributed by atoms with van der Waals surface area (Å²) in [7, 11) is 0. The Kier molecular flexibility index (Phi) is 21.9. The van der Waals surface area contributed by atoms with Crippen LogP contribution in [-0.4, -0.2) is 135 Å². The molecule has 2 aromatic carbocycles. The highest BCUT2D eigenvalue weighted by Gasteiger charge is 2.34. The maximum atomic E-state index is 13.9. The number of aliphatic carboxylic acids is 2. The van der Waals surface area contributed by atoms with Gasteiger partial charge in [0.15, 0.2) is 0 Å². The summed E-state index contributed by atoms with van der Waals surface area (Å²) >= 11 is 0. The number of H-pyrrole nitrogens is 1. The van der Waals surface area contributed by atoms with Crippen LogP contribution < -0.4 is 48.7 Å². The number of benzene rings is 2. The molecule has 22 heteroatoms. The van der Waals surface area contributed by atoms with Crippen LogP contribution in [0.25, 0.3) is 10.9 Å². The van der Waals surface area contributed by atoms with Gasteiger partial charge in [-0.1, -0.05) is 62.4 Å². The number of unbranched alkanes of at least 4 members (excludes halogenated alkanes) is 1. The highest BCUT2D eigenvalue weighted by atomic mass is 16.4. The molecule has 1 aromatic heterocycles. The Morgan fingerprint density at radius 2 is 1.10 bits per heavy atom. The molecule has 0 fully saturated rings. The van der Waals surface area contributed by atoms with Gasteiger partial charge in [-0.05, 0) is 69.2 Å². The number of carboxylic acids is 2. The molecule has 0 saturated heterocycles. The number of nitrogens with one attached hydrogen (secondary N) is 8. The minimum absolute atomic E-state index is 0.0166. The third kappa shape index (κ3) is 17.8. The van der Waals surface area contributed by atoms with E-state index in [9.17, 15) is 58.5 Å². The van der Waals surface area contributed by atoms with E-state index in [4.69, 9.17) is 11.5 Å². The van der Waals surface area contributed by atoms with Gasteiger partial charge < -0.3 is 69.0 Å². The van der Waals surface area contributed by atoms with Crippen LogP contribution in [0.3, 0.4) is 0 Å². The lowest BCUT2D eigenvalue weighted by atomic mass is 10.00. The van der Waals surface area contributed by atoms with Gasteiger partial charge in [0, 0.05) is 29.9 Å². The Balaban J connectivity index is 1.76. The van der Waals surface area contributed by atoms with Gasteiger partial charge in [-0.15, -0.1) is 0 Å². The van der Waals surface area contributed by atoms with Crippen molar-refractivity contribution in [3.8, 4) is 0 Å². The molecule has 0 aliphatic carbocycles. The van der Waals surface area contributed by atoms with E-state index >= 15 is 0 Å². The molecule has 1 heterocycles. The first-order valence-electron chi connectivity index (χ1n) is 22.0. The summed E-state index contributed by atoms with van der Waals surface area (Å²) in [5.41, 5.74) is 13.2. The van der Waals surface area contributed by atoms with Crippen LogP contribution in [0.2, 0.25) is 0 Å². The average molecular weight is 937 g/mol. The molecule has 3 aromatic rings. The van der Waals surface area contributed by atoms with Crippen LogP contribution in [0.4, 0.5) is 0 Å². The van der Waals surface area contributed by atoms with Crippen LogP contribution in [0, 0.1) is 5.92 Å². The van der Waals surface area contributed by atoms with Gasteiger partial charge in [-0.3, -0.25) is 38.4 Å². The quantitative estimate of drug-likeness (QED) is 0.0367. The molecule has 67 heavy (non-hydrogen) atoms. The van der Waals surface area contributed by atoms with Gasteiger partial charge >= 0.3 is 11.9 Å². The highest BCUT2D eigenvalue weighted by molar-refractivity contribution is 5.98. The molecule has 0 radical (unpaired) electrons. The van der Waals surface area contributed by atoms with E-state index in [1.54, 1.807) is 74.6 Å².